The van der Waals surface area contributed by atoms with Crippen LogP contribution in [0.15, 0.2) is 36.4 Å². The average Bonchev–Trinajstić information content (AvgIpc) is 2.81. The van der Waals surface area contributed by atoms with Gasteiger partial charge in [-0.25, -0.2) is 0 Å². The van der Waals surface area contributed by atoms with Crippen LogP contribution in [0.25, 0.3) is 10.8 Å². The zero-order valence-corrected chi connectivity index (χ0v) is 13.8. The number of carbonyl (C=O) groups excluding carboxylic acids is 1. The number of rotatable bonds is 3. The van der Waals surface area contributed by atoms with Gasteiger partial charge in [-0.1, -0.05) is 24.3 Å². The number of benzene rings is 2. The van der Waals surface area contributed by atoms with Crippen LogP contribution in [0.2, 0.25) is 0 Å². The van der Waals surface area contributed by atoms with E-state index in [4.69, 9.17) is 4.74 Å². The van der Waals surface area contributed by atoms with E-state index in [1.165, 1.54) is 12.8 Å². The van der Waals surface area contributed by atoms with Crippen molar-refractivity contribution >= 4 is 16.6 Å². The third kappa shape index (κ3) is 2.34. The molecule has 0 aliphatic carbocycles. The predicted octanol–water partition coefficient (Wildman–Crippen LogP) is 3.90. The maximum atomic E-state index is 13.2. The zero-order chi connectivity index (χ0) is 16.0. The Hall–Kier alpha value is -1.87. The number of nitrogens with zero attached hydrogens (tertiary/aromatic N) is 1. The summed E-state index contributed by atoms with van der Waals surface area (Å²) >= 11 is 0. The highest BCUT2D eigenvalue weighted by molar-refractivity contribution is 6.10. The van der Waals surface area contributed by atoms with E-state index in [1.54, 1.807) is 7.11 Å². The summed E-state index contributed by atoms with van der Waals surface area (Å²) in [7, 11) is 3.89. The average molecular weight is 309 g/mol. The first-order chi connectivity index (χ1) is 11.2. The molecule has 0 spiro atoms. The molecule has 2 heterocycles. The summed E-state index contributed by atoms with van der Waals surface area (Å²) in [6.45, 7) is 0. The Balaban J connectivity index is 1.71. The van der Waals surface area contributed by atoms with Crippen molar-refractivity contribution in [3.63, 3.8) is 0 Å². The summed E-state index contributed by atoms with van der Waals surface area (Å²) in [5.41, 5.74) is 0.857. The van der Waals surface area contributed by atoms with Gasteiger partial charge in [-0.2, -0.15) is 0 Å². The van der Waals surface area contributed by atoms with Crippen molar-refractivity contribution in [2.45, 2.75) is 37.8 Å². The van der Waals surface area contributed by atoms with Gasteiger partial charge in [-0.3, -0.25) is 4.79 Å². The van der Waals surface area contributed by atoms with Crippen LogP contribution in [0, 0.1) is 5.92 Å². The maximum Gasteiger partial charge on any atom is 0.166 e. The number of Topliss-reactive ketones (excluding diaryl/α,β-unsaturated/α-hetero) is 1. The van der Waals surface area contributed by atoms with Crippen LogP contribution in [-0.4, -0.2) is 36.9 Å². The van der Waals surface area contributed by atoms with Crippen molar-refractivity contribution in [3.05, 3.63) is 42.0 Å². The van der Waals surface area contributed by atoms with Crippen LogP contribution in [-0.2, 0) is 0 Å². The predicted molar refractivity (Wildman–Crippen MR) is 92.1 cm³/mol. The Morgan fingerprint density at radius 2 is 1.70 bits per heavy atom. The maximum absolute atomic E-state index is 13.2. The fourth-order valence-corrected chi connectivity index (χ4v) is 4.51. The van der Waals surface area contributed by atoms with E-state index in [2.05, 4.69) is 11.9 Å². The monoisotopic (exact) mass is 309 g/mol. The molecule has 2 atom stereocenters. The number of ketones is 1. The van der Waals surface area contributed by atoms with E-state index >= 15 is 0 Å². The second-order valence-electron chi connectivity index (χ2n) is 6.94. The van der Waals surface area contributed by atoms with E-state index < -0.39 is 0 Å². The molecule has 23 heavy (non-hydrogen) atoms. The van der Waals surface area contributed by atoms with Crippen LogP contribution in [0.5, 0.6) is 5.75 Å². The van der Waals surface area contributed by atoms with E-state index in [1.807, 2.05) is 36.4 Å². The third-order valence-corrected chi connectivity index (χ3v) is 5.84. The van der Waals surface area contributed by atoms with Crippen molar-refractivity contribution in [3.8, 4) is 5.75 Å². The SMILES string of the molecule is COc1ccc(C(=O)C2CC3CCC(C2)N3C)c2ccccc12. The molecule has 2 saturated heterocycles. The summed E-state index contributed by atoms with van der Waals surface area (Å²) in [5.74, 6) is 1.31. The number of fused-ring (bicyclic) bond motifs is 3. The van der Waals surface area contributed by atoms with Crippen LogP contribution in [0.4, 0.5) is 0 Å². The molecule has 0 saturated carbocycles. The summed E-state index contributed by atoms with van der Waals surface area (Å²) in [6, 6.07) is 13.1. The lowest BCUT2D eigenvalue weighted by molar-refractivity contribution is 0.0769. The highest BCUT2D eigenvalue weighted by Crippen LogP contribution is 2.40. The van der Waals surface area contributed by atoms with E-state index in [0.29, 0.717) is 17.9 Å². The van der Waals surface area contributed by atoms with Gasteiger partial charge in [0.1, 0.15) is 5.75 Å². The van der Waals surface area contributed by atoms with Gasteiger partial charge in [0.05, 0.1) is 7.11 Å². The first-order valence-electron chi connectivity index (χ1n) is 8.51. The molecular formula is C20H23NO2. The van der Waals surface area contributed by atoms with Crippen LogP contribution in [0.1, 0.15) is 36.0 Å². The molecule has 3 heteroatoms. The molecule has 120 valence electrons. The number of methoxy groups -OCH3 is 1. The largest absolute Gasteiger partial charge is 0.496 e. The highest BCUT2D eigenvalue weighted by Gasteiger charge is 2.41. The van der Waals surface area contributed by atoms with Crippen LogP contribution < -0.4 is 4.74 Å². The Morgan fingerprint density at radius 1 is 1.04 bits per heavy atom. The van der Waals surface area contributed by atoms with Gasteiger partial charge in [0.2, 0.25) is 0 Å². The highest BCUT2D eigenvalue weighted by atomic mass is 16.5. The Kier molecular flexibility index (Phi) is 3.61. The fourth-order valence-electron chi connectivity index (χ4n) is 4.51. The summed E-state index contributed by atoms with van der Waals surface area (Å²) in [6.07, 6.45) is 4.50. The van der Waals surface area contributed by atoms with Gasteiger partial charge in [-0.05, 0) is 50.2 Å². The quantitative estimate of drug-likeness (QED) is 0.805. The molecule has 0 N–H and O–H groups in total. The number of hydrogen-bond donors (Lipinski definition) is 0. The van der Waals surface area contributed by atoms with Gasteiger partial charge in [0, 0.05) is 29.0 Å². The number of hydrogen-bond acceptors (Lipinski definition) is 3. The minimum absolute atomic E-state index is 0.167. The topological polar surface area (TPSA) is 29.5 Å². The zero-order valence-electron chi connectivity index (χ0n) is 13.8. The van der Waals surface area contributed by atoms with Gasteiger partial charge >= 0.3 is 0 Å². The lowest BCUT2D eigenvalue weighted by Crippen LogP contribution is -2.42. The first kappa shape index (κ1) is 14.7. The van der Waals surface area contributed by atoms with Gasteiger partial charge < -0.3 is 9.64 Å². The van der Waals surface area contributed by atoms with Gasteiger partial charge in [-0.15, -0.1) is 0 Å². The molecule has 2 aromatic carbocycles. The minimum Gasteiger partial charge on any atom is -0.496 e. The summed E-state index contributed by atoms with van der Waals surface area (Å²) in [4.78, 5) is 15.7. The first-order valence-corrected chi connectivity index (χ1v) is 8.51. The third-order valence-electron chi connectivity index (χ3n) is 5.84. The Bertz CT molecular complexity index is 740. The molecule has 0 amide bonds. The molecule has 4 rings (SSSR count). The molecule has 2 fully saturated rings. The molecule has 2 bridgehead atoms. The number of ether oxygens (including phenoxy) is 1. The molecule has 2 aromatic rings. The van der Waals surface area contributed by atoms with Crippen molar-refractivity contribution in [2.24, 2.45) is 5.92 Å². The Morgan fingerprint density at radius 3 is 2.35 bits per heavy atom. The normalized spacial score (nSPS) is 27.3. The molecule has 2 unspecified atom stereocenters. The van der Waals surface area contributed by atoms with Crippen molar-refractivity contribution in [1.82, 2.24) is 4.90 Å². The van der Waals surface area contributed by atoms with Gasteiger partial charge in [0.15, 0.2) is 5.78 Å². The molecule has 0 radical (unpaired) electrons. The smallest absolute Gasteiger partial charge is 0.166 e. The van der Waals surface area contributed by atoms with E-state index in [-0.39, 0.29) is 5.92 Å². The van der Waals surface area contributed by atoms with Crippen molar-refractivity contribution < 1.29 is 9.53 Å². The standard InChI is InChI=1S/C20H23NO2/c1-21-14-7-8-15(21)12-13(11-14)20(22)18-9-10-19(23-2)17-6-4-3-5-16(17)18/h3-6,9-10,13-15H,7-8,11-12H2,1-2H3. The molecule has 0 aromatic heterocycles. The lowest BCUT2D eigenvalue weighted by Gasteiger charge is -2.35. The number of piperidine rings is 1. The van der Waals surface area contributed by atoms with Crippen LogP contribution >= 0.6 is 0 Å². The summed E-state index contributed by atoms with van der Waals surface area (Å²) < 4.78 is 5.45. The van der Waals surface area contributed by atoms with Crippen molar-refractivity contribution in [1.29, 1.82) is 0 Å². The minimum atomic E-state index is 0.167. The molecule has 3 nitrogen and oxygen atoms in total. The second kappa shape index (κ2) is 5.64. The van der Waals surface area contributed by atoms with Crippen molar-refractivity contribution in [2.75, 3.05) is 14.2 Å². The van der Waals surface area contributed by atoms with Crippen LogP contribution in [0.3, 0.4) is 0 Å². The molecular weight excluding hydrogens is 286 g/mol. The summed E-state index contributed by atoms with van der Waals surface area (Å²) in [5, 5.41) is 2.04. The second-order valence-corrected chi connectivity index (χ2v) is 6.94. The van der Waals surface area contributed by atoms with Gasteiger partial charge in [0.25, 0.3) is 0 Å². The molecule has 2 aliphatic rings. The lowest BCUT2D eigenvalue weighted by atomic mass is 9.83. The fraction of sp³-hybridized carbons (Fsp3) is 0.450. The Labute approximate surface area is 137 Å². The van der Waals surface area contributed by atoms with E-state index in [9.17, 15) is 4.79 Å². The van der Waals surface area contributed by atoms with E-state index in [0.717, 1.165) is 34.9 Å². The molecule has 2 aliphatic heterocycles. The number of carbonyl (C=O) groups is 1.